The lowest BCUT2D eigenvalue weighted by Crippen LogP contribution is -2.14. The predicted octanol–water partition coefficient (Wildman–Crippen LogP) is 0.564. The summed E-state index contributed by atoms with van der Waals surface area (Å²) in [4.78, 5) is 0. The van der Waals surface area contributed by atoms with Crippen molar-refractivity contribution in [3.63, 3.8) is 0 Å². The summed E-state index contributed by atoms with van der Waals surface area (Å²) in [7, 11) is 0. The van der Waals surface area contributed by atoms with Crippen molar-refractivity contribution in [2.75, 3.05) is 26.4 Å². The van der Waals surface area contributed by atoms with Crippen molar-refractivity contribution in [1.82, 2.24) is 0 Å². The number of hydrogen-bond acceptors (Lipinski definition) is 3. The maximum absolute atomic E-state index is 8.37. The van der Waals surface area contributed by atoms with Crippen LogP contribution in [0.4, 0.5) is 0 Å². The van der Waals surface area contributed by atoms with Crippen LogP contribution in [0.1, 0.15) is 19.8 Å². The minimum atomic E-state index is 0.0945. The van der Waals surface area contributed by atoms with Crippen LogP contribution in [-0.4, -0.2) is 37.1 Å². The Hall–Kier alpha value is -0.120. The third-order valence-electron chi connectivity index (χ3n) is 1.87. The van der Waals surface area contributed by atoms with E-state index in [4.69, 9.17) is 14.6 Å². The van der Waals surface area contributed by atoms with Crippen LogP contribution < -0.4 is 0 Å². The van der Waals surface area contributed by atoms with Gasteiger partial charge in [-0.25, -0.2) is 0 Å². The molecule has 0 aromatic heterocycles. The highest BCUT2D eigenvalue weighted by molar-refractivity contribution is 4.90. The first-order chi connectivity index (χ1) is 5.27. The molecular weight excluding hydrogens is 144 g/mol. The van der Waals surface area contributed by atoms with Crippen molar-refractivity contribution in [2.24, 2.45) is 0 Å². The van der Waals surface area contributed by atoms with Gasteiger partial charge in [0.05, 0.1) is 32.0 Å². The van der Waals surface area contributed by atoms with Gasteiger partial charge in [0.1, 0.15) is 0 Å². The van der Waals surface area contributed by atoms with E-state index in [9.17, 15) is 0 Å². The molecule has 0 spiro atoms. The highest BCUT2D eigenvalue weighted by Crippen LogP contribution is 2.38. The molecule has 66 valence electrons. The number of aliphatic hydroxyl groups excluding tert-OH is 1. The summed E-state index contributed by atoms with van der Waals surface area (Å²) in [5.41, 5.74) is 0.155. The molecule has 0 heterocycles. The van der Waals surface area contributed by atoms with E-state index in [2.05, 4.69) is 6.92 Å². The maximum Gasteiger partial charge on any atom is 0.0707 e. The SMILES string of the molecule is CC1(OCCOCCO)CC1. The number of aliphatic hydroxyl groups is 1. The molecule has 0 atom stereocenters. The largest absolute Gasteiger partial charge is 0.394 e. The molecule has 0 aliphatic heterocycles. The highest BCUT2D eigenvalue weighted by atomic mass is 16.5. The van der Waals surface area contributed by atoms with Crippen molar-refractivity contribution in [1.29, 1.82) is 0 Å². The van der Waals surface area contributed by atoms with Crippen LogP contribution in [-0.2, 0) is 9.47 Å². The Morgan fingerprint density at radius 2 is 2.00 bits per heavy atom. The Labute approximate surface area is 67.3 Å². The zero-order valence-electron chi connectivity index (χ0n) is 7.01. The summed E-state index contributed by atoms with van der Waals surface area (Å²) in [5.74, 6) is 0. The molecule has 1 aliphatic carbocycles. The van der Waals surface area contributed by atoms with Crippen molar-refractivity contribution < 1.29 is 14.6 Å². The molecule has 1 aliphatic rings. The Bertz CT molecular complexity index is 110. The number of rotatable bonds is 6. The van der Waals surface area contributed by atoms with Crippen LogP contribution in [0, 0.1) is 0 Å². The molecule has 1 fully saturated rings. The van der Waals surface area contributed by atoms with Gasteiger partial charge in [0.2, 0.25) is 0 Å². The molecule has 3 nitrogen and oxygen atoms in total. The van der Waals surface area contributed by atoms with Gasteiger partial charge in [0.25, 0.3) is 0 Å². The van der Waals surface area contributed by atoms with Crippen LogP contribution in [0.2, 0.25) is 0 Å². The Morgan fingerprint density at radius 1 is 1.27 bits per heavy atom. The Balaban J connectivity index is 1.81. The van der Waals surface area contributed by atoms with E-state index in [1.165, 1.54) is 12.8 Å². The van der Waals surface area contributed by atoms with Gasteiger partial charge in [0, 0.05) is 0 Å². The lowest BCUT2D eigenvalue weighted by molar-refractivity contribution is -0.00716. The zero-order valence-corrected chi connectivity index (χ0v) is 7.01. The number of hydrogen-bond donors (Lipinski definition) is 1. The molecule has 0 amide bonds. The van der Waals surface area contributed by atoms with Gasteiger partial charge < -0.3 is 14.6 Å². The first kappa shape index (κ1) is 8.97. The fraction of sp³-hybridized carbons (Fsp3) is 1.00. The van der Waals surface area contributed by atoms with Crippen LogP contribution in [0.5, 0.6) is 0 Å². The number of ether oxygens (including phenoxy) is 2. The Morgan fingerprint density at radius 3 is 2.55 bits per heavy atom. The van der Waals surface area contributed by atoms with Gasteiger partial charge in [-0.1, -0.05) is 0 Å². The minimum absolute atomic E-state index is 0.0945. The monoisotopic (exact) mass is 160 g/mol. The quantitative estimate of drug-likeness (QED) is 0.577. The molecular formula is C8H16O3. The van der Waals surface area contributed by atoms with Gasteiger partial charge in [-0.3, -0.25) is 0 Å². The van der Waals surface area contributed by atoms with E-state index >= 15 is 0 Å². The van der Waals surface area contributed by atoms with Crippen LogP contribution >= 0.6 is 0 Å². The zero-order chi connectivity index (χ0) is 8.16. The highest BCUT2D eigenvalue weighted by Gasteiger charge is 2.38. The molecule has 1 saturated carbocycles. The predicted molar refractivity (Wildman–Crippen MR) is 41.5 cm³/mol. The van der Waals surface area contributed by atoms with Crippen LogP contribution in [0.15, 0.2) is 0 Å². The molecule has 1 rings (SSSR count). The summed E-state index contributed by atoms with van der Waals surface area (Å²) in [6.45, 7) is 3.86. The van der Waals surface area contributed by atoms with Gasteiger partial charge >= 0.3 is 0 Å². The normalized spacial score (nSPS) is 20.2. The maximum atomic E-state index is 8.37. The fourth-order valence-corrected chi connectivity index (χ4v) is 0.834. The lowest BCUT2D eigenvalue weighted by Gasteiger charge is -2.09. The standard InChI is InChI=1S/C8H16O3/c1-8(2-3-8)11-7-6-10-5-4-9/h9H,2-7H2,1H3. The second kappa shape index (κ2) is 4.04. The van der Waals surface area contributed by atoms with Crippen LogP contribution in [0.3, 0.4) is 0 Å². The van der Waals surface area contributed by atoms with E-state index in [1.807, 2.05) is 0 Å². The fourth-order valence-electron chi connectivity index (χ4n) is 0.834. The van der Waals surface area contributed by atoms with Crippen molar-refractivity contribution in [2.45, 2.75) is 25.4 Å². The lowest BCUT2D eigenvalue weighted by atomic mass is 10.4. The van der Waals surface area contributed by atoms with Crippen molar-refractivity contribution in [3.05, 3.63) is 0 Å². The average molecular weight is 160 g/mol. The first-order valence-electron chi connectivity index (χ1n) is 4.09. The van der Waals surface area contributed by atoms with E-state index in [0.29, 0.717) is 19.8 Å². The second-order valence-corrected chi connectivity index (χ2v) is 3.13. The van der Waals surface area contributed by atoms with Crippen LogP contribution in [0.25, 0.3) is 0 Å². The Kier molecular flexibility index (Phi) is 3.30. The van der Waals surface area contributed by atoms with Gasteiger partial charge in [0.15, 0.2) is 0 Å². The topological polar surface area (TPSA) is 38.7 Å². The summed E-state index contributed by atoms with van der Waals surface area (Å²) in [5, 5.41) is 8.37. The molecule has 0 aromatic carbocycles. The van der Waals surface area contributed by atoms with Crippen molar-refractivity contribution in [3.8, 4) is 0 Å². The van der Waals surface area contributed by atoms with Gasteiger partial charge in [-0.05, 0) is 19.8 Å². The molecule has 0 aromatic rings. The molecule has 0 radical (unpaired) electrons. The van der Waals surface area contributed by atoms with Gasteiger partial charge in [-0.15, -0.1) is 0 Å². The molecule has 0 bridgehead atoms. The third kappa shape index (κ3) is 3.70. The average Bonchev–Trinajstić information content (AvgIpc) is 2.69. The van der Waals surface area contributed by atoms with Gasteiger partial charge in [-0.2, -0.15) is 0 Å². The molecule has 0 saturated heterocycles. The van der Waals surface area contributed by atoms with E-state index in [1.54, 1.807) is 0 Å². The molecule has 0 unspecified atom stereocenters. The molecule has 3 heteroatoms. The van der Waals surface area contributed by atoms with E-state index in [-0.39, 0.29) is 12.2 Å². The summed E-state index contributed by atoms with van der Waals surface area (Å²) in [6, 6.07) is 0. The van der Waals surface area contributed by atoms with E-state index < -0.39 is 0 Å². The minimum Gasteiger partial charge on any atom is -0.394 e. The molecule has 11 heavy (non-hydrogen) atoms. The second-order valence-electron chi connectivity index (χ2n) is 3.13. The smallest absolute Gasteiger partial charge is 0.0707 e. The summed E-state index contributed by atoms with van der Waals surface area (Å²) in [6.07, 6.45) is 2.35. The van der Waals surface area contributed by atoms with E-state index in [0.717, 1.165) is 0 Å². The summed E-state index contributed by atoms with van der Waals surface area (Å²) >= 11 is 0. The molecule has 1 N–H and O–H groups in total. The first-order valence-corrected chi connectivity index (χ1v) is 4.09. The third-order valence-corrected chi connectivity index (χ3v) is 1.87. The van der Waals surface area contributed by atoms with Crippen molar-refractivity contribution >= 4 is 0 Å². The summed E-state index contributed by atoms with van der Waals surface area (Å²) < 4.78 is 10.5.